The lowest BCUT2D eigenvalue weighted by molar-refractivity contribution is 0.0761. The summed E-state index contributed by atoms with van der Waals surface area (Å²) in [6.45, 7) is 5.77. The number of hydrogen-bond acceptors (Lipinski definition) is 4. The number of nitrogens with zero attached hydrogens (tertiary/aromatic N) is 2. The molecule has 0 aliphatic carbocycles. The maximum Gasteiger partial charge on any atom is 0.253 e. The lowest BCUT2D eigenvalue weighted by atomic mass is 10.2. The van der Waals surface area contributed by atoms with Gasteiger partial charge in [0.1, 0.15) is 10.6 Å². The molecule has 0 saturated carbocycles. The van der Waals surface area contributed by atoms with Crippen LogP contribution in [-0.2, 0) is 10.0 Å². The van der Waals surface area contributed by atoms with Crippen molar-refractivity contribution in [3.8, 4) is 5.75 Å². The smallest absolute Gasteiger partial charge is 0.253 e. The summed E-state index contributed by atoms with van der Waals surface area (Å²) < 4.78 is 32.4. The number of benzene rings is 1. The zero-order valence-corrected chi connectivity index (χ0v) is 16.1. The van der Waals surface area contributed by atoms with Crippen molar-refractivity contribution in [3.05, 3.63) is 23.8 Å². The first kappa shape index (κ1) is 19.7. The molecule has 1 saturated heterocycles. The Morgan fingerprint density at radius 2 is 1.72 bits per heavy atom. The zero-order valence-electron chi connectivity index (χ0n) is 15.3. The quantitative estimate of drug-likeness (QED) is 0.774. The minimum atomic E-state index is -3.70. The molecule has 0 atom stereocenters. The van der Waals surface area contributed by atoms with Crippen molar-refractivity contribution in [2.75, 3.05) is 33.3 Å². The van der Waals surface area contributed by atoms with E-state index in [1.54, 1.807) is 26.0 Å². The Balaban J connectivity index is 2.41. The average molecular weight is 368 g/mol. The van der Waals surface area contributed by atoms with Crippen LogP contribution in [0.1, 0.15) is 49.9 Å². The second kappa shape index (κ2) is 8.67. The number of carbonyl (C=O) groups excluding carboxylic acids is 1. The van der Waals surface area contributed by atoms with E-state index in [-0.39, 0.29) is 16.6 Å². The van der Waals surface area contributed by atoms with Crippen LogP contribution in [0, 0.1) is 0 Å². The summed E-state index contributed by atoms with van der Waals surface area (Å²) in [7, 11) is -2.26. The molecule has 140 valence electrons. The van der Waals surface area contributed by atoms with Gasteiger partial charge in [0.2, 0.25) is 10.0 Å². The summed E-state index contributed by atoms with van der Waals surface area (Å²) >= 11 is 0. The van der Waals surface area contributed by atoms with Crippen LogP contribution in [0.25, 0.3) is 0 Å². The van der Waals surface area contributed by atoms with Gasteiger partial charge < -0.3 is 9.64 Å². The zero-order chi connectivity index (χ0) is 18.4. The SMILES string of the molecule is CCN(CC)S(=O)(=O)c1cc(C(=O)N2CCCCCC2)ccc1OC. The number of likely N-dealkylation sites (tertiary alicyclic amines) is 1. The molecule has 6 nitrogen and oxygen atoms in total. The highest BCUT2D eigenvalue weighted by Gasteiger charge is 2.27. The van der Waals surface area contributed by atoms with E-state index in [0.717, 1.165) is 38.8 Å². The van der Waals surface area contributed by atoms with Crippen molar-refractivity contribution in [1.82, 2.24) is 9.21 Å². The first-order chi connectivity index (χ1) is 12.0. The Bertz CT molecular complexity index is 691. The topological polar surface area (TPSA) is 66.9 Å². The standard InChI is InChI=1S/C18H28N2O4S/c1-4-20(5-2)25(22,23)17-14-15(10-11-16(17)24-3)18(21)19-12-8-6-7-9-13-19/h10-11,14H,4-9,12-13H2,1-3H3. The first-order valence-corrected chi connectivity index (χ1v) is 10.4. The molecule has 0 spiro atoms. The monoisotopic (exact) mass is 368 g/mol. The largest absolute Gasteiger partial charge is 0.495 e. The number of ether oxygens (including phenoxy) is 1. The van der Waals surface area contributed by atoms with Crippen molar-refractivity contribution in [3.63, 3.8) is 0 Å². The van der Waals surface area contributed by atoms with Crippen molar-refractivity contribution >= 4 is 15.9 Å². The third-order valence-corrected chi connectivity index (χ3v) is 6.70. The fraction of sp³-hybridized carbons (Fsp3) is 0.611. The van der Waals surface area contributed by atoms with Crippen LogP contribution in [0.3, 0.4) is 0 Å². The number of methoxy groups -OCH3 is 1. The van der Waals surface area contributed by atoms with Crippen molar-refractivity contribution in [2.24, 2.45) is 0 Å². The maximum atomic E-state index is 12.9. The van der Waals surface area contributed by atoms with Crippen molar-refractivity contribution in [1.29, 1.82) is 0 Å². The highest BCUT2D eigenvalue weighted by Crippen LogP contribution is 2.28. The molecule has 1 fully saturated rings. The molecule has 0 unspecified atom stereocenters. The number of sulfonamides is 1. The van der Waals surface area contributed by atoms with Gasteiger partial charge in [-0.25, -0.2) is 8.42 Å². The van der Waals surface area contributed by atoms with Crippen LogP contribution < -0.4 is 4.74 Å². The van der Waals surface area contributed by atoms with Crippen LogP contribution in [-0.4, -0.2) is 56.8 Å². The maximum absolute atomic E-state index is 12.9. The van der Waals surface area contributed by atoms with Gasteiger partial charge >= 0.3 is 0 Å². The second-order valence-electron chi connectivity index (χ2n) is 6.16. The molecular weight excluding hydrogens is 340 g/mol. The Hall–Kier alpha value is -1.60. The lowest BCUT2D eigenvalue weighted by Gasteiger charge is -2.23. The predicted molar refractivity (Wildman–Crippen MR) is 97.5 cm³/mol. The van der Waals surface area contributed by atoms with Gasteiger partial charge in [0.25, 0.3) is 5.91 Å². The number of hydrogen-bond donors (Lipinski definition) is 0. The van der Waals surface area contributed by atoms with Crippen LogP contribution in [0.2, 0.25) is 0 Å². The van der Waals surface area contributed by atoms with Gasteiger partial charge in [0, 0.05) is 31.7 Å². The third kappa shape index (κ3) is 4.33. The predicted octanol–water partition coefficient (Wildman–Crippen LogP) is 2.74. The van der Waals surface area contributed by atoms with E-state index in [0.29, 0.717) is 18.7 Å². The van der Waals surface area contributed by atoms with Gasteiger partial charge in [-0.15, -0.1) is 0 Å². The van der Waals surface area contributed by atoms with Crippen molar-refractivity contribution in [2.45, 2.75) is 44.4 Å². The molecule has 0 bridgehead atoms. The lowest BCUT2D eigenvalue weighted by Crippen LogP contribution is -2.33. The fourth-order valence-electron chi connectivity index (χ4n) is 3.17. The second-order valence-corrected chi connectivity index (χ2v) is 8.07. The van der Waals surface area contributed by atoms with Crippen LogP contribution in [0.15, 0.2) is 23.1 Å². The van der Waals surface area contributed by atoms with E-state index in [4.69, 9.17) is 4.74 Å². The summed E-state index contributed by atoms with van der Waals surface area (Å²) in [4.78, 5) is 14.7. The molecule has 1 heterocycles. The average Bonchev–Trinajstić information content (AvgIpc) is 2.90. The van der Waals surface area contributed by atoms with E-state index in [1.807, 2.05) is 4.90 Å². The number of carbonyl (C=O) groups is 1. The summed E-state index contributed by atoms with van der Waals surface area (Å²) in [5, 5.41) is 0. The van der Waals surface area contributed by atoms with Crippen LogP contribution in [0.4, 0.5) is 0 Å². The molecule has 1 amide bonds. The first-order valence-electron chi connectivity index (χ1n) is 8.93. The molecule has 25 heavy (non-hydrogen) atoms. The van der Waals surface area contributed by atoms with Gasteiger partial charge in [-0.1, -0.05) is 26.7 Å². The van der Waals surface area contributed by atoms with Gasteiger partial charge in [-0.3, -0.25) is 4.79 Å². The van der Waals surface area contributed by atoms with E-state index in [9.17, 15) is 13.2 Å². The third-order valence-electron chi connectivity index (χ3n) is 4.63. The van der Waals surface area contributed by atoms with Gasteiger partial charge in [0.05, 0.1) is 7.11 Å². The molecule has 7 heteroatoms. The van der Waals surface area contributed by atoms with Gasteiger partial charge in [-0.2, -0.15) is 4.31 Å². The van der Waals surface area contributed by atoms with E-state index in [2.05, 4.69) is 0 Å². The summed E-state index contributed by atoms with van der Waals surface area (Å²) in [5.74, 6) is 0.153. The molecule has 0 N–H and O–H groups in total. The Kier molecular flexibility index (Phi) is 6.84. The summed E-state index contributed by atoms with van der Waals surface area (Å²) in [6.07, 6.45) is 4.25. The Morgan fingerprint density at radius 3 is 2.24 bits per heavy atom. The normalized spacial score (nSPS) is 15.9. The minimum Gasteiger partial charge on any atom is -0.495 e. The number of rotatable bonds is 6. The Labute approximate surface area is 150 Å². The molecule has 1 aliphatic heterocycles. The van der Waals surface area contributed by atoms with Crippen LogP contribution >= 0.6 is 0 Å². The minimum absolute atomic E-state index is 0.0550. The molecule has 1 aromatic rings. The number of amides is 1. The fourth-order valence-corrected chi connectivity index (χ4v) is 4.81. The van der Waals surface area contributed by atoms with E-state index in [1.165, 1.54) is 17.5 Å². The molecular formula is C18H28N2O4S. The van der Waals surface area contributed by atoms with E-state index < -0.39 is 10.0 Å². The molecule has 1 aromatic carbocycles. The molecule has 0 radical (unpaired) electrons. The van der Waals surface area contributed by atoms with Crippen molar-refractivity contribution < 1.29 is 17.9 Å². The summed E-state index contributed by atoms with van der Waals surface area (Å²) in [5.41, 5.74) is 0.397. The molecule has 2 rings (SSSR count). The van der Waals surface area contributed by atoms with Gasteiger partial charge in [-0.05, 0) is 31.0 Å². The molecule has 1 aliphatic rings. The van der Waals surface area contributed by atoms with E-state index >= 15 is 0 Å². The van der Waals surface area contributed by atoms with Gasteiger partial charge in [0.15, 0.2) is 0 Å². The van der Waals surface area contributed by atoms with Crippen LogP contribution in [0.5, 0.6) is 5.75 Å². The highest BCUT2D eigenvalue weighted by atomic mass is 32.2. The summed E-state index contributed by atoms with van der Waals surface area (Å²) in [6, 6.07) is 4.68. The Morgan fingerprint density at radius 1 is 1.12 bits per heavy atom. The molecule has 0 aromatic heterocycles. The highest BCUT2D eigenvalue weighted by molar-refractivity contribution is 7.89.